The van der Waals surface area contributed by atoms with Crippen LogP contribution in [0.15, 0.2) is 21.9 Å². The smallest absolute Gasteiger partial charge is 0.466 e. The maximum atomic E-state index is 12.9. The zero-order chi connectivity index (χ0) is 22.6. The summed E-state index contributed by atoms with van der Waals surface area (Å²) >= 11 is 0. The summed E-state index contributed by atoms with van der Waals surface area (Å²) < 4.78 is 41.1. The minimum atomic E-state index is -3.93. The number of rotatable bonds is 8. The van der Waals surface area contributed by atoms with Crippen molar-refractivity contribution in [2.45, 2.75) is 51.5 Å². The first-order valence-electron chi connectivity index (χ1n) is 9.90. The molecule has 0 saturated carbocycles. The van der Waals surface area contributed by atoms with Crippen molar-refractivity contribution in [3.05, 3.63) is 33.1 Å². The van der Waals surface area contributed by atoms with Gasteiger partial charge in [0.2, 0.25) is 0 Å². The lowest BCUT2D eigenvalue weighted by Gasteiger charge is -2.35. The molecule has 2 saturated heterocycles. The van der Waals surface area contributed by atoms with Gasteiger partial charge < -0.3 is 9.47 Å². The van der Waals surface area contributed by atoms with Crippen molar-refractivity contribution in [2.75, 3.05) is 19.8 Å². The second kappa shape index (κ2) is 9.51. The number of nitrogens with one attached hydrogen (secondary N) is 1. The molecule has 0 aromatic carbocycles. The maximum absolute atomic E-state index is 12.9. The number of nitrogens with zero attached hydrogens (tertiary/aromatic N) is 1. The maximum Gasteiger partial charge on any atom is 0.475 e. The Hall–Kier alpha value is -2.22. The molecule has 0 radical (unpaired) electrons. The predicted octanol–water partition coefficient (Wildman–Crippen LogP) is 1.35. The van der Waals surface area contributed by atoms with Crippen molar-refractivity contribution in [2.24, 2.45) is 5.41 Å². The summed E-state index contributed by atoms with van der Waals surface area (Å²) in [6, 6.07) is 1.17. The molecule has 3 heterocycles. The van der Waals surface area contributed by atoms with Crippen molar-refractivity contribution < 1.29 is 32.4 Å². The van der Waals surface area contributed by atoms with E-state index in [9.17, 15) is 18.9 Å². The first-order chi connectivity index (χ1) is 14.7. The van der Waals surface area contributed by atoms with Gasteiger partial charge in [0.25, 0.3) is 5.56 Å². The molecule has 2 aliphatic rings. The molecule has 0 unspecified atom stereocenters. The fourth-order valence-electron chi connectivity index (χ4n) is 3.51. The van der Waals surface area contributed by atoms with Gasteiger partial charge in [0, 0.05) is 18.7 Å². The van der Waals surface area contributed by atoms with Gasteiger partial charge in [0.1, 0.15) is 17.6 Å². The van der Waals surface area contributed by atoms with E-state index in [1.807, 2.05) is 0 Å². The Labute approximate surface area is 178 Å². The van der Waals surface area contributed by atoms with Crippen molar-refractivity contribution in [1.82, 2.24) is 9.55 Å². The van der Waals surface area contributed by atoms with Crippen molar-refractivity contribution >= 4 is 13.8 Å². The SMILES string of the molecule is C#C[C@]1(C)[C@@H]2O[P@@](=O)(OCCCCC(=O)OCC)OC[C@H]2O[C@H]1n1ccc(=O)[nH]c1=O. The Morgan fingerprint density at radius 3 is 2.90 bits per heavy atom. The lowest BCUT2D eigenvalue weighted by molar-refractivity contribution is -0.143. The van der Waals surface area contributed by atoms with Gasteiger partial charge in [-0.2, -0.15) is 0 Å². The second-order valence-electron chi connectivity index (χ2n) is 7.34. The fourth-order valence-corrected chi connectivity index (χ4v) is 5.02. The summed E-state index contributed by atoms with van der Waals surface area (Å²) in [6.45, 7) is 3.61. The van der Waals surface area contributed by atoms with Gasteiger partial charge >= 0.3 is 19.5 Å². The van der Waals surface area contributed by atoms with Crippen LogP contribution >= 0.6 is 7.82 Å². The largest absolute Gasteiger partial charge is 0.475 e. The Kier molecular flexibility index (Phi) is 7.19. The van der Waals surface area contributed by atoms with E-state index >= 15 is 0 Å². The van der Waals surface area contributed by atoms with Crippen LogP contribution in [0, 0.1) is 17.8 Å². The highest BCUT2D eigenvalue weighted by Crippen LogP contribution is 2.60. The molecule has 1 aromatic heterocycles. The summed E-state index contributed by atoms with van der Waals surface area (Å²) in [5.41, 5.74) is -2.45. The number of ether oxygens (including phenoxy) is 2. The lowest BCUT2D eigenvalue weighted by atomic mass is 9.83. The van der Waals surface area contributed by atoms with Crippen LogP contribution in [-0.4, -0.2) is 47.5 Å². The van der Waals surface area contributed by atoms with Crippen LogP contribution < -0.4 is 11.2 Å². The van der Waals surface area contributed by atoms with Crippen LogP contribution in [0.3, 0.4) is 0 Å². The van der Waals surface area contributed by atoms with Gasteiger partial charge in [0.15, 0.2) is 6.23 Å². The average Bonchev–Trinajstić information content (AvgIpc) is 3.00. The van der Waals surface area contributed by atoms with Crippen molar-refractivity contribution in [1.29, 1.82) is 0 Å². The standard InChI is InChI=1S/C19H25N2O9P/c1-4-19(3)16-13(29-17(19)21-10-9-14(22)20-18(21)24)12-28-31(25,30-16)27-11-7-6-8-15(23)26-5-2/h1,9-10,13,16-17H,5-8,11-12H2,2-3H3,(H,20,22,24)/t13-,16-,17-,19-,31+/m1/s1. The molecular formula is C19H25N2O9P. The number of fused-ring (bicyclic) bond motifs is 1. The number of phosphoric ester groups is 1. The molecule has 1 N–H and O–H groups in total. The normalized spacial score (nSPS) is 32.2. The van der Waals surface area contributed by atoms with Crippen LogP contribution in [0.5, 0.6) is 0 Å². The number of hydrogen-bond donors (Lipinski definition) is 1. The first kappa shape index (κ1) is 23.4. The van der Waals surface area contributed by atoms with E-state index in [1.54, 1.807) is 13.8 Å². The Balaban J connectivity index is 1.66. The molecule has 2 aliphatic heterocycles. The Morgan fingerprint density at radius 2 is 2.23 bits per heavy atom. The van der Waals surface area contributed by atoms with Crippen LogP contribution in [-0.2, 0) is 32.4 Å². The first-order valence-corrected chi connectivity index (χ1v) is 11.4. The van der Waals surface area contributed by atoms with E-state index in [4.69, 9.17) is 29.5 Å². The van der Waals surface area contributed by atoms with Crippen molar-refractivity contribution in [3.8, 4) is 12.3 Å². The molecule has 0 bridgehead atoms. The third-order valence-corrected chi connectivity index (χ3v) is 6.58. The number of phosphoric acid groups is 1. The predicted molar refractivity (Wildman–Crippen MR) is 107 cm³/mol. The zero-order valence-corrected chi connectivity index (χ0v) is 18.2. The highest BCUT2D eigenvalue weighted by Gasteiger charge is 2.60. The summed E-state index contributed by atoms with van der Waals surface area (Å²) in [7, 11) is -3.93. The zero-order valence-electron chi connectivity index (χ0n) is 17.3. The van der Waals surface area contributed by atoms with Crippen LogP contribution in [0.25, 0.3) is 0 Å². The summed E-state index contributed by atoms with van der Waals surface area (Å²) in [6.07, 6.45) is 5.65. The minimum absolute atomic E-state index is 0.0461. The number of hydrogen-bond acceptors (Lipinski definition) is 9. The number of unbranched alkanes of at least 4 members (excludes halogenated alkanes) is 1. The second-order valence-corrected chi connectivity index (χ2v) is 8.96. The van der Waals surface area contributed by atoms with Crippen LogP contribution in [0.2, 0.25) is 0 Å². The Morgan fingerprint density at radius 1 is 1.45 bits per heavy atom. The number of carbonyl (C=O) groups is 1. The van der Waals surface area contributed by atoms with Crippen LogP contribution in [0.4, 0.5) is 0 Å². The highest BCUT2D eigenvalue weighted by molar-refractivity contribution is 7.48. The van der Waals surface area contributed by atoms with Gasteiger partial charge in [-0.05, 0) is 26.7 Å². The lowest BCUT2D eigenvalue weighted by Crippen LogP contribution is -2.43. The summed E-state index contributed by atoms with van der Waals surface area (Å²) in [5.74, 6) is 2.28. The topological polar surface area (TPSA) is 135 Å². The summed E-state index contributed by atoms with van der Waals surface area (Å²) in [5, 5.41) is 0. The molecular weight excluding hydrogens is 431 g/mol. The third kappa shape index (κ3) is 5.00. The van der Waals surface area contributed by atoms with Gasteiger partial charge in [-0.1, -0.05) is 5.92 Å². The van der Waals surface area contributed by atoms with Crippen LogP contribution in [0.1, 0.15) is 39.3 Å². The van der Waals surface area contributed by atoms with Crippen molar-refractivity contribution in [3.63, 3.8) is 0 Å². The molecule has 5 atom stereocenters. The molecule has 170 valence electrons. The van der Waals surface area contributed by atoms with E-state index in [1.165, 1.54) is 12.3 Å². The third-order valence-electron chi connectivity index (χ3n) is 5.13. The number of aromatic nitrogens is 2. The molecule has 0 spiro atoms. The monoisotopic (exact) mass is 456 g/mol. The molecule has 3 rings (SSSR count). The van der Waals surface area contributed by atoms with E-state index < -0.39 is 42.9 Å². The molecule has 11 nitrogen and oxygen atoms in total. The van der Waals surface area contributed by atoms with E-state index in [0.29, 0.717) is 19.4 Å². The highest BCUT2D eigenvalue weighted by atomic mass is 31.2. The molecule has 2 fully saturated rings. The number of aromatic amines is 1. The molecule has 0 aliphatic carbocycles. The van der Waals surface area contributed by atoms with E-state index in [2.05, 4.69) is 10.9 Å². The molecule has 31 heavy (non-hydrogen) atoms. The minimum Gasteiger partial charge on any atom is -0.466 e. The average molecular weight is 456 g/mol. The number of carbonyl (C=O) groups excluding carboxylic acids is 1. The van der Waals surface area contributed by atoms with Gasteiger partial charge in [-0.3, -0.25) is 32.7 Å². The number of H-pyrrole nitrogens is 1. The summed E-state index contributed by atoms with van der Waals surface area (Å²) in [4.78, 5) is 37.1. The van der Waals surface area contributed by atoms with Gasteiger partial charge in [0.05, 0.1) is 19.8 Å². The van der Waals surface area contributed by atoms with E-state index in [-0.39, 0.29) is 25.6 Å². The molecule has 0 amide bonds. The number of esters is 1. The van der Waals surface area contributed by atoms with E-state index in [0.717, 1.165) is 4.57 Å². The fraction of sp³-hybridized carbons (Fsp3) is 0.632. The van der Waals surface area contributed by atoms with Gasteiger partial charge in [-0.25, -0.2) is 9.36 Å². The quantitative estimate of drug-likeness (QED) is 0.266. The Bertz CT molecular complexity index is 1010. The molecule has 12 heteroatoms. The number of terminal acetylenes is 1. The van der Waals surface area contributed by atoms with Gasteiger partial charge in [-0.15, -0.1) is 6.42 Å². The molecule has 1 aromatic rings.